The Morgan fingerprint density at radius 3 is 2.30 bits per heavy atom. The van der Waals surface area contributed by atoms with Gasteiger partial charge in [-0.1, -0.05) is 13.8 Å². The summed E-state index contributed by atoms with van der Waals surface area (Å²) in [6, 6.07) is -0.204. The lowest BCUT2D eigenvalue weighted by Crippen LogP contribution is -2.33. The van der Waals surface area contributed by atoms with Crippen LogP contribution in [0.15, 0.2) is 0 Å². The molecule has 2 heterocycles. The van der Waals surface area contributed by atoms with Crippen LogP contribution in [0, 0.1) is 25.7 Å². The summed E-state index contributed by atoms with van der Waals surface area (Å²) in [6.45, 7) is 9.32. The van der Waals surface area contributed by atoms with Gasteiger partial charge in [-0.2, -0.15) is 0 Å². The molecule has 2 unspecified atom stereocenters. The van der Waals surface area contributed by atoms with Crippen LogP contribution >= 0.6 is 11.3 Å². The maximum absolute atomic E-state index is 12.2. The monoisotopic (exact) mass is 296 g/mol. The number of likely N-dealkylation sites (tertiary alicyclic amines) is 1. The van der Waals surface area contributed by atoms with Crippen LogP contribution in [-0.4, -0.2) is 35.1 Å². The Labute approximate surface area is 122 Å². The first-order valence-corrected chi connectivity index (χ1v) is 7.52. The van der Waals surface area contributed by atoms with Gasteiger partial charge in [-0.15, -0.1) is 11.3 Å². The maximum Gasteiger partial charge on any atom is 0.338 e. The molecular weight excluding hydrogens is 276 g/mol. The van der Waals surface area contributed by atoms with E-state index >= 15 is 0 Å². The third-order valence-electron chi connectivity index (χ3n) is 4.09. The quantitative estimate of drug-likeness (QED) is 0.880. The Hall–Kier alpha value is -1.56. The third kappa shape index (κ3) is 2.65. The van der Waals surface area contributed by atoms with E-state index in [9.17, 15) is 14.7 Å². The van der Waals surface area contributed by atoms with Gasteiger partial charge < -0.3 is 10.0 Å². The van der Waals surface area contributed by atoms with E-state index in [1.807, 2.05) is 6.92 Å². The molecule has 2 atom stereocenters. The zero-order valence-corrected chi connectivity index (χ0v) is 13.0. The van der Waals surface area contributed by atoms with Crippen molar-refractivity contribution in [2.45, 2.75) is 27.7 Å². The smallest absolute Gasteiger partial charge is 0.338 e. The number of nitrogens with one attached hydrogen (secondary N) is 1. The third-order valence-corrected chi connectivity index (χ3v) is 5.22. The number of rotatable bonds is 2. The van der Waals surface area contributed by atoms with Gasteiger partial charge in [-0.05, 0) is 31.2 Å². The number of thiophene rings is 1. The normalized spacial score (nSPS) is 22.1. The van der Waals surface area contributed by atoms with Gasteiger partial charge in [0.25, 0.3) is 0 Å². The summed E-state index contributed by atoms with van der Waals surface area (Å²) in [5, 5.41) is 12.5. The molecule has 1 fully saturated rings. The van der Waals surface area contributed by atoms with Crippen LogP contribution in [0.25, 0.3) is 0 Å². The first-order valence-electron chi connectivity index (χ1n) is 6.70. The van der Waals surface area contributed by atoms with E-state index in [2.05, 4.69) is 19.2 Å². The van der Waals surface area contributed by atoms with Crippen LogP contribution in [0.2, 0.25) is 0 Å². The Kier molecular flexibility index (Phi) is 4.04. The molecule has 0 saturated carbocycles. The summed E-state index contributed by atoms with van der Waals surface area (Å²) in [7, 11) is 0. The van der Waals surface area contributed by atoms with Crippen molar-refractivity contribution in [1.29, 1.82) is 0 Å². The summed E-state index contributed by atoms with van der Waals surface area (Å²) in [4.78, 5) is 26.2. The minimum atomic E-state index is -0.995. The van der Waals surface area contributed by atoms with Crippen molar-refractivity contribution < 1.29 is 14.7 Å². The fourth-order valence-electron chi connectivity index (χ4n) is 2.44. The molecule has 2 N–H and O–H groups in total. The van der Waals surface area contributed by atoms with E-state index in [-0.39, 0.29) is 11.6 Å². The minimum absolute atomic E-state index is 0.204. The second kappa shape index (κ2) is 5.44. The van der Waals surface area contributed by atoms with Gasteiger partial charge in [0, 0.05) is 18.0 Å². The fraction of sp³-hybridized carbons (Fsp3) is 0.571. The van der Waals surface area contributed by atoms with E-state index in [0.717, 1.165) is 23.5 Å². The molecule has 5 nitrogen and oxygen atoms in total. The van der Waals surface area contributed by atoms with Gasteiger partial charge in [0.2, 0.25) is 0 Å². The van der Waals surface area contributed by atoms with Crippen molar-refractivity contribution in [3.63, 3.8) is 0 Å². The summed E-state index contributed by atoms with van der Waals surface area (Å²) >= 11 is 1.32. The SMILES string of the molecule is Cc1sc(NC(=O)N2CC(C)C(C)C2)c(C(=O)O)c1C. The van der Waals surface area contributed by atoms with Crippen molar-refractivity contribution in [2.24, 2.45) is 11.8 Å². The molecule has 0 aromatic carbocycles. The number of amides is 2. The van der Waals surface area contributed by atoms with Gasteiger partial charge in [0.15, 0.2) is 0 Å². The standard InChI is InChI=1S/C14H20N2O3S/c1-7-5-16(6-8(7)2)14(19)15-12-11(13(17)18)9(3)10(4)20-12/h7-8H,5-6H2,1-4H3,(H,15,19)(H,17,18). The second-order valence-corrected chi connectivity index (χ2v) is 6.81. The highest BCUT2D eigenvalue weighted by atomic mass is 32.1. The van der Waals surface area contributed by atoms with Crippen molar-refractivity contribution in [3.05, 3.63) is 16.0 Å². The van der Waals surface area contributed by atoms with Gasteiger partial charge in [-0.3, -0.25) is 5.32 Å². The number of anilines is 1. The molecular formula is C14H20N2O3S. The highest BCUT2D eigenvalue weighted by molar-refractivity contribution is 7.16. The lowest BCUT2D eigenvalue weighted by Gasteiger charge is -2.16. The van der Waals surface area contributed by atoms with Crippen LogP contribution in [0.1, 0.15) is 34.6 Å². The number of carboxylic acid groups (broad SMARTS) is 1. The summed E-state index contributed by atoms with van der Waals surface area (Å²) < 4.78 is 0. The molecule has 110 valence electrons. The average Bonchev–Trinajstić information content (AvgIpc) is 2.81. The fourth-order valence-corrected chi connectivity index (χ4v) is 3.49. The summed E-state index contributed by atoms with van der Waals surface area (Å²) in [5.74, 6) is -0.0386. The number of carbonyl (C=O) groups is 2. The van der Waals surface area contributed by atoms with Crippen molar-refractivity contribution in [2.75, 3.05) is 18.4 Å². The molecule has 0 radical (unpaired) electrons. The van der Waals surface area contributed by atoms with E-state index in [1.165, 1.54) is 11.3 Å². The Morgan fingerprint density at radius 1 is 1.25 bits per heavy atom. The van der Waals surface area contributed by atoms with Crippen LogP contribution in [0.4, 0.5) is 9.80 Å². The van der Waals surface area contributed by atoms with Gasteiger partial charge >= 0.3 is 12.0 Å². The van der Waals surface area contributed by atoms with Crippen LogP contribution in [0.5, 0.6) is 0 Å². The zero-order valence-electron chi connectivity index (χ0n) is 12.2. The Balaban J connectivity index is 2.17. The van der Waals surface area contributed by atoms with E-state index in [1.54, 1.807) is 11.8 Å². The topological polar surface area (TPSA) is 69.6 Å². The number of aryl methyl sites for hydroxylation is 1. The number of nitrogens with zero attached hydrogens (tertiary/aromatic N) is 1. The number of carboxylic acids is 1. The number of aromatic carboxylic acids is 1. The highest BCUT2D eigenvalue weighted by Gasteiger charge is 2.30. The van der Waals surface area contributed by atoms with E-state index < -0.39 is 5.97 Å². The molecule has 1 aromatic heterocycles. The Bertz CT molecular complexity index is 543. The van der Waals surface area contributed by atoms with E-state index in [4.69, 9.17) is 0 Å². The van der Waals surface area contributed by atoms with Crippen molar-refractivity contribution in [3.8, 4) is 0 Å². The molecule has 2 amide bonds. The van der Waals surface area contributed by atoms with Crippen LogP contribution < -0.4 is 5.32 Å². The molecule has 0 spiro atoms. The van der Waals surface area contributed by atoms with Gasteiger partial charge in [-0.25, -0.2) is 9.59 Å². The van der Waals surface area contributed by atoms with Gasteiger partial charge in [0.1, 0.15) is 5.00 Å². The van der Waals surface area contributed by atoms with Gasteiger partial charge in [0.05, 0.1) is 5.56 Å². The summed E-state index contributed by atoms with van der Waals surface area (Å²) in [6.07, 6.45) is 0. The minimum Gasteiger partial charge on any atom is -0.478 e. The Morgan fingerprint density at radius 2 is 1.80 bits per heavy atom. The van der Waals surface area contributed by atoms with E-state index in [0.29, 0.717) is 16.8 Å². The predicted molar refractivity (Wildman–Crippen MR) is 79.7 cm³/mol. The first-order chi connectivity index (χ1) is 9.31. The molecule has 1 aliphatic heterocycles. The second-order valence-electron chi connectivity index (χ2n) is 5.58. The molecule has 1 saturated heterocycles. The van der Waals surface area contributed by atoms with Crippen LogP contribution in [-0.2, 0) is 0 Å². The maximum atomic E-state index is 12.2. The molecule has 20 heavy (non-hydrogen) atoms. The largest absolute Gasteiger partial charge is 0.478 e. The van der Waals surface area contributed by atoms with Crippen molar-refractivity contribution >= 4 is 28.3 Å². The zero-order chi connectivity index (χ0) is 15.0. The number of carbonyl (C=O) groups excluding carboxylic acids is 1. The highest BCUT2D eigenvalue weighted by Crippen LogP contribution is 2.33. The number of hydrogen-bond acceptors (Lipinski definition) is 3. The number of urea groups is 1. The lowest BCUT2D eigenvalue weighted by atomic mass is 10.0. The average molecular weight is 296 g/mol. The lowest BCUT2D eigenvalue weighted by molar-refractivity contribution is 0.0697. The first kappa shape index (κ1) is 14.8. The molecule has 2 rings (SSSR count). The molecule has 0 aliphatic carbocycles. The van der Waals surface area contributed by atoms with Crippen molar-refractivity contribution in [1.82, 2.24) is 4.90 Å². The molecule has 0 bridgehead atoms. The predicted octanol–water partition coefficient (Wildman–Crippen LogP) is 3.18. The summed E-state index contributed by atoms with van der Waals surface area (Å²) in [5.41, 5.74) is 0.933. The molecule has 1 aromatic rings. The molecule has 1 aliphatic rings. The van der Waals surface area contributed by atoms with Crippen LogP contribution in [0.3, 0.4) is 0 Å². The number of hydrogen-bond donors (Lipinski definition) is 2. The molecule has 6 heteroatoms.